The number of hydrogen-bond acceptors (Lipinski definition) is 4. The van der Waals surface area contributed by atoms with Gasteiger partial charge in [0.2, 0.25) is 0 Å². The van der Waals surface area contributed by atoms with Crippen LogP contribution in [0.1, 0.15) is 26.7 Å². The first-order chi connectivity index (χ1) is 10.5. The largest absolute Gasteiger partial charge is 0.492 e. The molecule has 1 aromatic rings. The molecule has 1 fully saturated rings. The number of rotatable bonds is 6. The number of halogens is 1. The van der Waals surface area contributed by atoms with Gasteiger partial charge < -0.3 is 20.5 Å². The van der Waals surface area contributed by atoms with Gasteiger partial charge in [-0.2, -0.15) is 0 Å². The van der Waals surface area contributed by atoms with Crippen LogP contribution >= 0.6 is 11.6 Å². The second kappa shape index (κ2) is 7.81. The maximum absolute atomic E-state index is 12.1. The molecule has 2 rings (SSSR count). The van der Waals surface area contributed by atoms with Crippen LogP contribution in [0, 0.1) is 5.92 Å². The van der Waals surface area contributed by atoms with Crippen LogP contribution in [-0.4, -0.2) is 31.3 Å². The van der Waals surface area contributed by atoms with E-state index < -0.39 is 6.10 Å². The Morgan fingerprint density at radius 2 is 2.27 bits per heavy atom. The molecule has 2 atom stereocenters. The SMILES string of the molecule is CC(C)COc1ccc(NC(=O)[C@@H]2CC[C@H](CN)O2)cc1Cl. The van der Waals surface area contributed by atoms with E-state index in [1.54, 1.807) is 18.2 Å². The summed E-state index contributed by atoms with van der Waals surface area (Å²) in [7, 11) is 0. The van der Waals surface area contributed by atoms with Gasteiger partial charge in [-0.15, -0.1) is 0 Å². The first kappa shape index (κ1) is 17.1. The van der Waals surface area contributed by atoms with Crippen molar-refractivity contribution in [1.29, 1.82) is 0 Å². The zero-order valence-electron chi connectivity index (χ0n) is 13.0. The highest BCUT2D eigenvalue weighted by Crippen LogP contribution is 2.28. The van der Waals surface area contributed by atoms with Gasteiger partial charge in [-0.05, 0) is 37.0 Å². The van der Waals surface area contributed by atoms with Crippen molar-refractivity contribution in [2.45, 2.75) is 38.9 Å². The van der Waals surface area contributed by atoms with Crippen molar-refractivity contribution in [3.05, 3.63) is 23.2 Å². The van der Waals surface area contributed by atoms with Crippen molar-refractivity contribution >= 4 is 23.2 Å². The second-order valence-electron chi connectivity index (χ2n) is 5.90. The van der Waals surface area contributed by atoms with Gasteiger partial charge in [-0.1, -0.05) is 25.4 Å². The molecule has 1 amide bonds. The summed E-state index contributed by atoms with van der Waals surface area (Å²) in [5.74, 6) is 0.877. The van der Waals surface area contributed by atoms with Gasteiger partial charge in [0, 0.05) is 12.2 Å². The van der Waals surface area contributed by atoms with Crippen molar-refractivity contribution < 1.29 is 14.3 Å². The smallest absolute Gasteiger partial charge is 0.253 e. The molecule has 0 aliphatic carbocycles. The fraction of sp³-hybridized carbons (Fsp3) is 0.562. The normalized spacial score (nSPS) is 21.1. The van der Waals surface area contributed by atoms with E-state index in [1.807, 2.05) is 0 Å². The lowest BCUT2D eigenvalue weighted by atomic mass is 10.2. The Morgan fingerprint density at radius 3 is 2.86 bits per heavy atom. The van der Waals surface area contributed by atoms with E-state index in [4.69, 9.17) is 26.8 Å². The average molecular weight is 327 g/mol. The van der Waals surface area contributed by atoms with Gasteiger partial charge >= 0.3 is 0 Å². The first-order valence-electron chi connectivity index (χ1n) is 7.58. The maximum Gasteiger partial charge on any atom is 0.253 e. The van der Waals surface area contributed by atoms with Gasteiger partial charge in [0.25, 0.3) is 5.91 Å². The maximum atomic E-state index is 12.1. The van der Waals surface area contributed by atoms with Crippen LogP contribution in [0.5, 0.6) is 5.75 Å². The lowest BCUT2D eigenvalue weighted by molar-refractivity contribution is -0.126. The number of hydrogen-bond donors (Lipinski definition) is 2. The number of ether oxygens (including phenoxy) is 2. The van der Waals surface area contributed by atoms with Gasteiger partial charge in [0.15, 0.2) is 0 Å². The predicted octanol–water partition coefficient (Wildman–Crippen LogP) is 2.82. The highest BCUT2D eigenvalue weighted by molar-refractivity contribution is 6.32. The Morgan fingerprint density at radius 1 is 1.50 bits per heavy atom. The van der Waals surface area contributed by atoms with Crippen LogP contribution in [0.2, 0.25) is 5.02 Å². The molecule has 0 bridgehead atoms. The predicted molar refractivity (Wildman–Crippen MR) is 87.4 cm³/mol. The van der Waals surface area contributed by atoms with Gasteiger partial charge in [0.05, 0.1) is 17.7 Å². The third-order valence-corrected chi connectivity index (χ3v) is 3.73. The van der Waals surface area contributed by atoms with Gasteiger partial charge in [0.1, 0.15) is 11.9 Å². The highest BCUT2D eigenvalue weighted by atomic mass is 35.5. The molecule has 0 unspecified atom stereocenters. The van der Waals surface area contributed by atoms with Crippen molar-refractivity contribution in [1.82, 2.24) is 0 Å². The van der Waals surface area contributed by atoms with E-state index in [2.05, 4.69) is 19.2 Å². The number of carbonyl (C=O) groups excluding carboxylic acids is 1. The van der Waals surface area contributed by atoms with E-state index in [1.165, 1.54) is 0 Å². The second-order valence-corrected chi connectivity index (χ2v) is 6.31. The van der Waals surface area contributed by atoms with Crippen molar-refractivity contribution in [2.75, 3.05) is 18.5 Å². The summed E-state index contributed by atoms with van der Waals surface area (Å²) in [6.45, 7) is 5.18. The fourth-order valence-corrected chi connectivity index (χ4v) is 2.48. The summed E-state index contributed by atoms with van der Waals surface area (Å²) in [6, 6.07) is 5.22. The molecule has 1 saturated heterocycles. The summed E-state index contributed by atoms with van der Waals surface area (Å²) < 4.78 is 11.2. The summed E-state index contributed by atoms with van der Waals surface area (Å²) in [5.41, 5.74) is 6.18. The van der Waals surface area contributed by atoms with Crippen LogP contribution in [0.25, 0.3) is 0 Å². The molecule has 122 valence electrons. The third kappa shape index (κ3) is 4.60. The number of anilines is 1. The first-order valence-corrected chi connectivity index (χ1v) is 7.96. The van der Waals surface area contributed by atoms with Crippen LogP contribution in [0.15, 0.2) is 18.2 Å². The molecular weight excluding hydrogens is 304 g/mol. The van der Waals surface area contributed by atoms with Crippen molar-refractivity contribution in [2.24, 2.45) is 11.7 Å². The Balaban J connectivity index is 1.93. The molecule has 1 aliphatic rings. The average Bonchev–Trinajstić information content (AvgIpc) is 2.95. The lowest BCUT2D eigenvalue weighted by Gasteiger charge is -2.14. The van der Waals surface area contributed by atoms with Gasteiger partial charge in [-0.3, -0.25) is 4.79 Å². The van der Waals surface area contributed by atoms with Crippen LogP contribution < -0.4 is 15.8 Å². The molecule has 0 aromatic heterocycles. The Labute approximate surface area is 136 Å². The van der Waals surface area contributed by atoms with Crippen LogP contribution in [0.3, 0.4) is 0 Å². The van der Waals surface area contributed by atoms with E-state index >= 15 is 0 Å². The van der Waals surface area contributed by atoms with Crippen LogP contribution in [0.4, 0.5) is 5.69 Å². The quantitative estimate of drug-likeness (QED) is 0.843. The third-order valence-electron chi connectivity index (χ3n) is 3.43. The summed E-state index contributed by atoms with van der Waals surface area (Å²) in [4.78, 5) is 12.1. The number of nitrogens with two attached hydrogens (primary N) is 1. The molecule has 0 spiro atoms. The number of carbonyl (C=O) groups is 1. The van der Waals surface area contributed by atoms with E-state index in [-0.39, 0.29) is 12.0 Å². The minimum atomic E-state index is -0.441. The molecular formula is C16H23ClN2O3. The number of benzene rings is 1. The standard InChI is InChI=1S/C16H23ClN2O3/c1-10(2)9-21-14-5-3-11(7-13(14)17)19-16(20)15-6-4-12(8-18)22-15/h3,5,7,10,12,15H,4,6,8-9,18H2,1-2H3,(H,19,20)/t12-,15+/m1/s1. The Bertz CT molecular complexity index is 522. The minimum Gasteiger partial charge on any atom is -0.492 e. The molecule has 6 heteroatoms. The van der Waals surface area contributed by atoms with Gasteiger partial charge in [-0.25, -0.2) is 0 Å². The molecule has 0 saturated carbocycles. The zero-order chi connectivity index (χ0) is 16.1. The molecule has 3 N–H and O–H groups in total. The van der Waals surface area contributed by atoms with Crippen molar-refractivity contribution in [3.8, 4) is 5.75 Å². The summed E-state index contributed by atoms with van der Waals surface area (Å²) in [6.07, 6.45) is 1.05. The number of amides is 1. The van der Waals surface area contributed by atoms with E-state index in [9.17, 15) is 4.79 Å². The fourth-order valence-electron chi connectivity index (χ4n) is 2.25. The lowest BCUT2D eigenvalue weighted by Crippen LogP contribution is -2.29. The summed E-state index contributed by atoms with van der Waals surface area (Å²) >= 11 is 6.18. The molecule has 1 heterocycles. The molecule has 0 radical (unpaired) electrons. The Hall–Kier alpha value is -1.30. The van der Waals surface area contributed by atoms with E-state index in [0.29, 0.717) is 41.9 Å². The van der Waals surface area contributed by atoms with Crippen LogP contribution in [-0.2, 0) is 9.53 Å². The number of nitrogens with one attached hydrogen (secondary N) is 1. The molecule has 1 aliphatic heterocycles. The molecule has 1 aromatic carbocycles. The Kier molecular flexibility index (Phi) is 6.06. The molecule has 5 nitrogen and oxygen atoms in total. The van der Waals surface area contributed by atoms with Crippen molar-refractivity contribution in [3.63, 3.8) is 0 Å². The minimum absolute atomic E-state index is 0.0221. The monoisotopic (exact) mass is 326 g/mol. The topological polar surface area (TPSA) is 73.6 Å². The van der Waals surface area contributed by atoms with E-state index in [0.717, 1.165) is 6.42 Å². The zero-order valence-corrected chi connectivity index (χ0v) is 13.7. The summed E-state index contributed by atoms with van der Waals surface area (Å²) in [5, 5.41) is 3.29. The molecule has 22 heavy (non-hydrogen) atoms. The highest BCUT2D eigenvalue weighted by Gasteiger charge is 2.29.